The van der Waals surface area contributed by atoms with Gasteiger partial charge < -0.3 is 5.32 Å². The maximum absolute atomic E-state index is 12.5. The van der Waals surface area contributed by atoms with Crippen molar-refractivity contribution in [2.24, 2.45) is 5.14 Å². The number of benzene rings is 2. The molecule has 0 radical (unpaired) electrons. The Labute approximate surface area is 151 Å². The van der Waals surface area contributed by atoms with Crippen LogP contribution in [0.2, 0.25) is 0 Å². The molecule has 4 N–H and O–H groups in total. The molecular formula is C16H17N3O5S2. The van der Waals surface area contributed by atoms with E-state index >= 15 is 0 Å². The van der Waals surface area contributed by atoms with Crippen LogP contribution >= 0.6 is 0 Å². The summed E-state index contributed by atoms with van der Waals surface area (Å²) in [6.45, 7) is 0. The number of amides is 1. The van der Waals surface area contributed by atoms with E-state index in [0.717, 1.165) is 18.9 Å². The van der Waals surface area contributed by atoms with Crippen LogP contribution in [0.1, 0.15) is 23.2 Å². The summed E-state index contributed by atoms with van der Waals surface area (Å²) >= 11 is 0. The van der Waals surface area contributed by atoms with Gasteiger partial charge in [-0.15, -0.1) is 0 Å². The molecule has 0 unspecified atom stereocenters. The molecule has 0 saturated heterocycles. The number of sulfonamides is 2. The first-order valence-electron chi connectivity index (χ1n) is 7.72. The molecule has 0 heterocycles. The van der Waals surface area contributed by atoms with E-state index in [-0.39, 0.29) is 27.4 Å². The number of carbonyl (C=O) groups excluding carboxylic acids is 1. The number of carbonyl (C=O) groups is 1. The smallest absolute Gasteiger partial charge is 0.261 e. The highest BCUT2D eigenvalue weighted by Gasteiger charge is 2.24. The van der Waals surface area contributed by atoms with Crippen LogP contribution < -0.4 is 15.2 Å². The summed E-state index contributed by atoms with van der Waals surface area (Å²) in [6.07, 6.45) is 1.89. The van der Waals surface area contributed by atoms with Gasteiger partial charge >= 0.3 is 0 Å². The number of rotatable bonds is 6. The van der Waals surface area contributed by atoms with Gasteiger partial charge in [0.25, 0.3) is 15.9 Å². The van der Waals surface area contributed by atoms with Crippen molar-refractivity contribution in [1.82, 2.24) is 5.32 Å². The molecule has 1 fully saturated rings. The Morgan fingerprint density at radius 3 is 2.27 bits per heavy atom. The Morgan fingerprint density at radius 1 is 0.962 bits per heavy atom. The molecule has 1 amide bonds. The number of hydrogen-bond acceptors (Lipinski definition) is 5. The summed E-state index contributed by atoms with van der Waals surface area (Å²) in [7, 11) is -8.08. The third kappa shape index (κ3) is 4.40. The van der Waals surface area contributed by atoms with Gasteiger partial charge in [0.05, 0.1) is 9.79 Å². The van der Waals surface area contributed by atoms with Crippen molar-refractivity contribution >= 4 is 31.6 Å². The monoisotopic (exact) mass is 395 g/mol. The molecule has 2 aromatic carbocycles. The van der Waals surface area contributed by atoms with Crippen molar-refractivity contribution in [3.05, 3.63) is 54.1 Å². The van der Waals surface area contributed by atoms with E-state index in [1.807, 2.05) is 0 Å². The zero-order chi connectivity index (χ0) is 18.9. The average Bonchev–Trinajstić information content (AvgIpc) is 3.38. The Balaban J connectivity index is 1.84. The molecule has 1 saturated carbocycles. The van der Waals surface area contributed by atoms with E-state index < -0.39 is 20.0 Å². The second-order valence-electron chi connectivity index (χ2n) is 5.95. The summed E-state index contributed by atoms with van der Waals surface area (Å²) in [5.74, 6) is -0.273. The molecule has 1 aliphatic rings. The molecule has 0 aliphatic heterocycles. The molecule has 2 aromatic rings. The molecule has 0 spiro atoms. The molecule has 138 valence electrons. The predicted molar refractivity (Wildman–Crippen MR) is 95.6 cm³/mol. The van der Waals surface area contributed by atoms with Gasteiger partial charge in [0, 0.05) is 17.3 Å². The first-order chi connectivity index (χ1) is 12.1. The van der Waals surface area contributed by atoms with Crippen molar-refractivity contribution in [1.29, 1.82) is 0 Å². The first kappa shape index (κ1) is 18.4. The fraction of sp³-hybridized carbons (Fsp3) is 0.188. The van der Waals surface area contributed by atoms with Crippen LogP contribution in [-0.2, 0) is 20.0 Å². The summed E-state index contributed by atoms with van der Waals surface area (Å²) in [5, 5.41) is 7.85. The Bertz CT molecular complexity index is 1060. The molecule has 8 nitrogen and oxygen atoms in total. The van der Waals surface area contributed by atoms with Gasteiger partial charge in [0.15, 0.2) is 0 Å². The SMILES string of the molecule is NS(=O)(=O)c1cccc(S(=O)(=O)Nc2cccc(C(=O)NC3CC3)c2)c1. The Kier molecular flexibility index (Phi) is 4.74. The first-order valence-corrected chi connectivity index (χ1v) is 10.7. The highest BCUT2D eigenvalue weighted by atomic mass is 32.2. The molecular weight excluding hydrogens is 378 g/mol. The Morgan fingerprint density at radius 2 is 1.62 bits per heavy atom. The maximum Gasteiger partial charge on any atom is 0.261 e. The average molecular weight is 395 g/mol. The fourth-order valence-electron chi connectivity index (χ4n) is 2.25. The topological polar surface area (TPSA) is 135 Å². The van der Waals surface area contributed by atoms with Crippen LogP contribution in [0.15, 0.2) is 58.3 Å². The minimum absolute atomic E-state index is 0.184. The molecule has 0 atom stereocenters. The van der Waals surface area contributed by atoms with E-state index in [4.69, 9.17) is 5.14 Å². The van der Waals surface area contributed by atoms with Crippen molar-refractivity contribution in [3.63, 3.8) is 0 Å². The van der Waals surface area contributed by atoms with E-state index in [9.17, 15) is 21.6 Å². The molecule has 0 aromatic heterocycles. The molecule has 0 bridgehead atoms. The standard InChI is InChI=1S/C16H17N3O5S2/c17-25(21,22)14-5-2-6-15(10-14)26(23,24)19-13-4-1-3-11(9-13)16(20)18-12-7-8-12/h1-6,9-10,12,19H,7-8H2,(H,18,20)(H2,17,21,22). The number of nitrogens with one attached hydrogen (secondary N) is 2. The zero-order valence-electron chi connectivity index (χ0n) is 13.5. The van der Waals surface area contributed by atoms with Gasteiger partial charge in [-0.25, -0.2) is 22.0 Å². The van der Waals surface area contributed by atoms with Gasteiger partial charge in [-0.1, -0.05) is 12.1 Å². The number of hydrogen-bond donors (Lipinski definition) is 3. The van der Waals surface area contributed by atoms with Crippen LogP contribution in [-0.4, -0.2) is 28.8 Å². The quantitative estimate of drug-likeness (QED) is 0.671. The second-order valence-corrected chi connectivity index (χ2v) is 9.20. The zero-order valence-corrected chi connectivity index (χ0v) is 15.2. The van der Waals surface area contributed by atoms with E-state index in [1.165, 1.54) is 30.3 Å². The third-order valence-electron chi connectivity index (χ3n) is 3.73. The van der Waals surface area contributed by atoms with Crippen LogP contribution in [0.5, 0.6) is 0 Å². The van der Waals surface area contributed by atoms with Crippen molar-refractivity contribution in [2.75, 3.05) is 4.72 Å². The number of primary sulfonamides is 1. The molecule has 1 aliphatic carbocycles. The molecule has 3 rings (SSSR count). The van der Waals surface area contributed by atoms with Gasteiger partial charge in [0.2, 0.25) is 10.0 Å². The van der Waals surface area contributed by atoms with Crippen LogP contribution in [0.4, 0.5) is 5.69 Å². The second kappa shape index (κ2) is 6.71. The van der Waals surface area contributed by atoms with Crippen LogP contribution in [0.25, 0.3) is 0 Å². The van der Waals surface area contributed by atoms with Crippen LogP contribution in [0, 0.1) is 0 Å². The normalized spacial score (nSPS) is 14.7. The van der Waals surface area contributed by atoms with Gasteiger partial charge in [0.1, 0.15) is 0 Å². The van der Waals surface area contributed by atoms with Crippen LogP contribution in [0.3, 0.4) is 0 Å². The lowest BCUT2D eigenvalue weighted by atomic mass is 10.2. The lowest BCUT2D eigenvalue weighted by Crippen LogP contribution is -2.25. The minimum atomic E-state index is -4.05. The number of anilines is 1. The lowest BCUT2D eigenvalue weighted by Gasteiger charge is -2.10. The summed E-state index contributed by atoms with van der Waals surface area (Å²) in [5.41, 5.74) is 0.518. The van der Waals surface area contributed by atoms with Gasteiger partial charge in [-0.2, -0.15) is 0 Å². The highest BCUT2D eigenvalue weighted by Crippen LogP contribution is 2.22. The largest absolute Gasteiger partial charge is 0.349 e. The highest BCUT2D eigenvalue weighted by molar-refractivity contribution is 7.93. The summed E-state index contributed by atoms with van der Waals surface area (Å²) in [6, 6.07) is 10.9. The van der Waals surface area contributed by atoms with Gasteiger partial charge in [-0.3, -0.25) is 9.52 Å². The predicted octanol–water partition coefficient (Wildman–Crippen LogP) is 1.03. The van der Waals surface area contributed by atoms with Gasteiger partial charge in [-0.05, 0) is 49.2 Å². The van der Waals surface area contributed by atoms with Crippen molar-refractivity contribution in [3.8, 4) is 0 Å². The number of nitrogens with two attached hydrogens (primary N) is 1. The van der Waals surface area contributed by atoms with E-state index in [0.29, 0.717) is 5.56 Å². The van der Waals surface area contributed by atoms with E-state index in [1.54, 1.807) is 12.1 Å². The minimum Gasteiger partial charge on any atom is -0.349 e. The fourth-order valence-corrected chi connectivity index (χ4v) is 3.98. The maximum atomic E-state index is 12.5. The third-order valence-corrected chi connectivity index (χ3v) is 6.02. The molecule has 10 heteroatoms. The summed E-state index contributed by atoms with van der Waals surface area (Å²) < 4.78 is 50.1. The summed E-state index contributed by atoms with van der Waals surface area (Å²) in [4.78, 5) is 11.5. The lowest BCUT2D eigenvalue weighted by molar-refractivity contribution is 0.0951. The molecule has 26 heavy (non-hydrogen) atoms. The van der Waals surface area contributed by atoms with Crippen molar-refractivity contribution < 1.29 is 21.6 Å². The Hall–Kier alpha value is -2.43. The van der Waals surface area contributed by atoms with Crippen molar-refractivity contribution in [2.45, 2.75) is 28.7 Å². The van der Waals surface area contributed by atoms with E-state index in [2.05, 4.69) is 10.0 Å².